The Balaban J connectivity index is 1.70. The van der Waals surface area contributed by atoms with E-state index in [1.165, 1.54) is 11.8 Å². The molecule has 2 aliphatic rings. The second-order valence-corrected chi connectivity index (χ2v) is 9.17. The molecule has 2 aliphatic heterocycles. The molecule has 7 heteroatoms. The van der Waals surface area contributed by atoms with Crippen molar-refractivity contribution < 1.29 is 24.8 Å². The maximum atomic E-state index is 10.8. The van der Waals surface area contributed by atoms with Crippen molar-refractivity contribution in [2.45, 2.75) is 41.8 Å². The molecule has 4 atom stereocenters. The van der Waals surface area contributed by atoms with Gasteiger partial charge in [-0.25, -0.2) is 0 Å². The van der Waals surface area contributed by atoms with Gasteiger partial charge in [-0.2, -0.15) is 0 Å². The number of ether oxygens (including phenoxy) is 2. The highest BCUT2D eigenvalue weighted by Gasteiger charge is 2.54. The Hall–Kier alpha value is -1.28. The Bertz CT molecular complexity index is 859. The van der Waals surface area contributed by atoms with E-state index in [-0.39, 0.29) is 11.9 Å². The van der Waals surface area contributed by atoms with Gasteiger partial charge < -0.3 is 24.8 Å². The van der Waals surface area contributed by atoms with Crippen LogP contribution in [-0.4, -0.2) is 46.5 Å². The van der Waals surface area contributed by atoms with Crippen molar-refractivity contribution in [3.63, 3.8) is 0 Å². The molecule has 1 fully saturated rings. The molecular formula is C21H23ClO5S. The number of aliphatic hydroxyl groups is 3. The molecule has 0 amide bonds. The quantitative estimate of drug-likeness (QED) is 0.703. The Morgan fingerprint density at radius 1 is 1.25 bits per heavy atom. The number of methoxy groups -OCH3 is 1. The van der Waals surface area contributed by atoms with E-state index in [2.05, 4.69) is 0 Å². The first-order chi connectivity index (χ1) is 13.5. The van der Waals surface area contributed by atoms with E-state index in [0.717, 1.165) is 28.0 Å². The maximum absolute atomic E-state index is 10.8. The molecule has 1 spiro atoms. The zero-order chi connectivity index (χ0) is 19.9. The average molecular weight is 423 g/mol. The van der Waals surface area contributed by atoms with E-state index in [0.29, 0.717) is 24.5 Å². The molecule has 0 saturated carbocycles. The third-order valence-electron chi connectivity index (χ3n) is 5.45. The van der Waals surface area contributed by atoms with Crippen LogP contribution in [0.25, 0.3) is 0 Å². The molecule has 2 aromatic carbocycles. The molecule has 5 nitrogen and oxygen atoms in total. The highest BCUT2D eigenvalue weighted by molar-refractivity contribution is 8.00. The summed E-state index contributed by atoms with van der Waals surface area (Å²) in [5, 5.41) is 31.2. The fourth-order valence-electron chi connectivity index (χ4n) is 3.94. The lowest BCUT2D eigenvalue weighted by molar-refractivity contribution is -0.115. The summed E-state index contributed by atoms with van der Waals surface area (Å²) in [5.74, 6) is 0.793. The summed E-state index contributed by atoms with van der Waals surface area (Å²) in [6, 6.07) is 11.6. The molecule has 2 aromatic rings. The van der Waals surface area contributed by atoms with Gasteiger partial charge in [-0.1, -0.05) is 23.7 Å². The number of benzene rings is 2. The normalized spacial score (nSPS) is 29.1. The van der Waals surface area contributed by atoms with Crippen molar-refractivity contribution in [1.29, 1.82) is 0 Å². The minimum absolute atomic E-state index is 0.0822. The first-order valence-electron chi connectivity index (χ1n) is 9.20. The van der Waals surface area contributed by atoms with Gasteiger partial charge >= 0.3 is 0 Å². The number of thioether (sulfide) groups is 1. The van der Waals surface area contributed by atoms with Gasteiger partial charge in [0.2, 0.25) is 0 Å². The van der Waals surface area contributed by atoms with E-state index in [4.69, 9.17) is 21.1 Å². The molecule has 1 saturated heterocycles. The Labute approximate surface area is 173 Å². The van der Waals surface area contributed by atoms with Gasteiger partial charge in [0, 0.05) is 15.8 Å². The number of halogens is 1. The fraction of sp³-hybridized carbons (Fsp3) is 0.429. The summed E-state index contributed by atoms with van der Waals surface area (Å²) in [6.45, 7) is 0.230. The van der Waals surface area contributed by atoms with Crippen LogP contribution >= 0.6 is 23.4 Å². The van der Waals surface area contributed by atoms with Gasteiger partial charge in [0.25, 0.3) is 0 Å². The van der Waals surface area contributed by atoms with Gasteiger partial charge in [0.15, 0.2) is 4.93 Å². The standard InChI is InChI=1S/C21H23ClO5S/c1-26-15-4-2-12(3-5-15)6-13-7-17-14(8-18(13)22)11-27-21(17)20(25)19(24)9-16(10-23)28-21/h2-5,7-8,16,19-20,23-25H,6,9-11H2,1H3/t16-,19-,20+,21-/m0/s1. The lowest BCUT2D eigenvalue weighted by Crippen LogP contribution is -2.51. The third kappa shape index (κ3) is 3.43. The Morgan fingerprint density at radius 2 is 2.00 bits per heavy atom. The zero-order valence-electron chi connectivity index (χ0n) is 15.5. The van der Waals surface area contributed by atoms with E-state index in [1.807, 2.05) is 36.4 Å². The monoisotopic (exact) mass is 422 g/mol. The average Bonchev–Trinajstić information content (AvgIpc) is 3.04. The first-order valence-corrected chi connectivity index (χ1v) is 10.5. The van der Waals surface area contributed by atoms with Crippen molar-refractivity contribution in [3.8, 4) is 5.75 Å². The van der Waals surface area contributed by atoms with E-state index in [9.17, 15) is 15.3 Å². The van der Waals surface area contributed by atoms with E-state index >= 15 is 0 Å². The minimum Gasteiger partial charge on any atom is -0.497 e. The van der Waals surface area contributed by atoms with E-state index < -0.39 is 17.1 Å². The molecule has 0 bridgehead atoms. The summed E-state index contributed by atoms with van der Waals surface area (Å²) < 4.78 is 11.2. The molecule has 3 N–H and O–H groups in total. The van der Waals surface area contributed by atoms with Crippen LogP contribution in [0, 0.1) is 0 Å². The Kier molecular flexibility index (Phi) is 5.62. The molecule has 28 heavy (non-hydrogen) atoms. The first kappa shape index (κ1) is 20.0. The molecule has 4 rings (SSSR count). The zero-order valence-corrected chi connectivity index (χ0v) is 17.0. The molecule has 0 unspecified atom stereocenters. The van der Waals surface area contributed by atoms with Crippen LogP contribution in [0.2, 0.25) is 5.02 Å². The van der Waals surface area contributed by atoms with Crippen LogP contribution in [-0.2, 0) is 22.7 Å². The number of aliphatic hydroxyl groups excluding tert-OH is 3. The smallest absolute Gasteiger partial charge is 0.168 e. The van der Waals surface area contributed by atoms with E-state index in [1.54, 1.807) is 7.11 Å². The van der Waals surface area contributed by atoms with Crippen molar-refractivity contribution in [1.82, 2.24) is 0 Å². The summed E-state index contributed by atoms with van der Waals surface area (Å²) in [5.41, 5.74) is 3.74. The van der Waals surface area contributed by atoms with Crippen LogP contribution in [0.3, 0.4) is 0 Å². The number of fused-ring (bicyclic) bond motifs is 2. The van der Waals surface area contributed by atoms with Crippen LogP contribution in [0.15, 0.2) is 36.4 Å². The van der Waals surface area contributed by atoms with Crippen LogP contribution in [0.4, 0.5) is 0 Å². The molecule has 0 aliphatic carbocycles. The van der Waals surface area contributed by atoms with Crippen LogP contribution < -0.4 is 4.74 Å². The topological polar surface area (TPSA) is 79.2 Å². The summed E-state index contributed by atoms with van der Waals surface area (Å²) in [6.07, 6.45) is -1.07. The van der Waals surface area contributed by atoms with Gasteiger partial charge in [0.05, 0.1) is 26.4 Å². The summed E-state index contributed by atoms with van der Waals surface area (Å²) >= 11 is 7.91. The van der Waals surface area contributed by atoms with Crippen molar-refractivity contribution in [3.05, 3.63) is 63.7 Å². The van der Waals surface area contributed by atoms with Crippen LogP contribution in [0.5, 0.6) is 5.75 Å². The predicted octanol–water partition coefficient (Wildman–Crippen LogP) is 2.84. The number of rotatable bonds is 4. The SMILES string of the molecule is COc1ccc(Cc2cc3c(cc2Cl)CO[C@]32S[C@H](CO)C[C@H](O)[C@H]2O)cc1. The van der Waals surface area contributed by atoms with Gasteiger partial charge in [0.1, 0.15) is 11.9 Å². The van der Waals surface area contributed by atoms with Gasteiger partial charge in [-0.05, 0) is 53.8 Å². The molecule has 2 heterocycles. The number of hydrogen-bond donors (Lipinski definition) is 3. The fourth-order valence-corrected chi connectivity index (χ4v) is 5.79. The highest BCUT2D eigenvalue weighted by atomic mass is 35.5. The molecule has 0 aromatic heterocycles. The summed E-state index contributed by atoms with van der Waals surface area (Å²) in [4.78, 5) is -1.08. The number of hydrogen-bond acceptors (Lipinski definition) is 6. The lowest BCUT2D eigenvalue weighted by atomic mass is 9.92. The highest BCUT2D eigenvalue weighted by Crippen LogP contribution is 2.54. The van der Waals surface area contributed by atoms with Crippen molar-refractivity contribution >= 4 is 23.4 Å². The Morgan fingerprint density at radius 3 is 2.68 bits per heavy atom. The lowest BCUT2D eigenvalue weighted by Gasteiger charge is -2.43. The minimum atomic E-state index is -1.08. The van der Waals surface area contributed by atoms with Gasteiger partial charge in [-0.15, -0.1) is 11.8 Å². The third-order valence-corrected chi connectivity index (χ3v) is 7.40. The van der Waals surface area contributed by atoms with Crippen LogP contribution in [0.1, 0.15) is 28.7 Å². The van der Waals surface area contributed by atoms with Crippen molar-refractivity contribution in [2.24, 2.45) is 0 Å². The second kappa shape index (κ2) is 7.86. The molecular weight excluding hydrogens is 400 g/mol. The molecule has 0 radical (unpaired) electrons. The molecule has 150 valence electrons. The maximum Gasteiger partial charge on any atom is 0.168 e. The largest absolute Gasteiger partial charge is 0.497 e. The van der Waals surface area contributed by atoms with Gasteiger partial charge in [-0.3, -0.25) is 0 Å². The predicted molar refractivity (Wildman–Crippen MR) is 109 cm³/mol. The second-order valence-electron chi connectivity index (χ2n) is 7.25. The van der Waals surface area contributed by atoms with Crippen molar-refractivity contribution in [2.75, 3.05) is 13.7 Å². The summed E-state index contributed by atoms with van der Waals surface area (Å²) in [7, 11) is 1.63.